The van der Waals surface area contributed by atoms with Gasteiger partial charge in [0.2, 0.25) is 11.8 Å². The van der Waals surface area contributed by atoms with Crippen LogP contribution in [0.25, 0.3) is 0 Å². The molecule has 0 saturated carbocycles. The van der Waals surface area contributed by atoms with Crippen molar-refractivity contribution in [3.63, 3.8) is 0 Å². The van der Waals surface area contributed by atoms with Gasteiger partial charge in [0.05, 0.1) is 17.2 Å². The number of hydrogen-bond acceptors (Lipinski definition) is 4. The Bertz CT molecular complexity index is 711. The number of piperidine rings is 1. The Morgan fingerprint density at radius 2 is 2.04 bits per heavy atom. The zero-order valence-corrected chi connectivity index (χ0v) is 13.4. The van der Waals surface area contributed by atoms with E-state index in [1.807, 2.05) is 32.9 Å². The molecule has 23 heavy (non-hydrogen) atoms. The highest BCUT2D eigenvalue weighted by molar-refractivity contribution is 6.04. The first-order valence-electron chi connectivity index (χ1n) is 7.41. The summed E-state index contributed by atoms with van der Waals surface area (Å²) in [5.41, 5.74) is 1.25. The van der Waals surface area contributed by atoms with Gasteiger partial charge in [-0.2, -0.15) is 5.26 Å². The summed E-state index contributed by atoms with van der Waals surface area (Å²) in [5.74, 6) is -1.34. The van der Waals surface area contributed by atoms with Crippen LogP contribution < -0.4 is 10.6 Å². The van der Waals surface area contributed by atoms with Gasteiger partial charge in [-0.05, 0) is 29.5 Å². The molecule has 0 aromatic heterocycles. The number of nitrogens with zero attached hydrogens (tertiary/aromatic N) is 1. The van der Waals surface area contributed by atoms with Crippen LogP contribution in [0, 0.1) is 11.3 Å². The Morgan fingerprint density at radius 1 is 1.35 bits per heavy atom. The van der Waals surface area contributed by atoms with Crippen LogP contribution >= 0.6 is 0 Å². The summed E-state index contributed by atoms with van der Waals surface area (Å²) in [7, 11) is 0. The molecule has 2 N–H and O–H groups in total. The minimum atomic E-state index is -0.759. The first kappa shape index (κ1) is 16.7. The lowest BCUT2D eigenvalue weighted by Crippen LogP contribution is -2.52. The Balaban J connectivity index is 2.26. The molecule has 1 unspecified atom stereocenters. The highest BCUT2D eigenvalue weighted by Gasteiger charge is 2.29. The van der Waals surface area contributed by atoms with Crippen LogP contribution in [0.3, 0.4) is 0 Å². The molecule has 0 aliphatic carbocycles. The van der Waals surface area contributed by atoms with Gasteiger partial charge in [-0.25, -0.2) is 0 Å². The maximum Gasteiger partial charge on any atom is 0.253 e. The van der Waals surface area contributed by atoms with Gasteiger partial charge < -0.3 is 5.32 Å². The number of rotatable bonds is 2. The number of nitriles is 1. The van der Waals surface area contributed by atoms with E-state index in [4.69, 9.17) is 0 Å². The largest absolute Gasteiger partial charge is 0.340 e. The number of imide groups is 1. The second-order valence-electron chi connectivity index (χ2n) is 6.60. The molecule has 1 saturated heterocycles. The number of carbonyl (C=O) groups is 3. The van der Waals surface area contributed by atoms with Crippen LogP contribution in [0.5, 0.6) is 0 Å². The van der Waals surface area contributed by atoms with Gasteiger partial charge in [0.1, 0.15) is 6.04 Å². The predicted molar refractivity (Wildman–Crippen MR) is 83.5 cm³/mol. The van der Waals surface area contributed by atoms with Crippen molar-refractivity contribution in [3.05, 3.63) is 34.9 Å². The van der Waals surface area contributed by atoms with Crippen LogP contribution in [0.4, 0.5) is 0 Å². The number of carbonyl (C=O) groups excluding carboxylic acids is 3. The molecule has 1 fully saturated rings. The number of hydrogen-bond donors (Lipinski definition) is 2. The molecular weight excluding hydrogens is 294 g/mol. The summed E-state index contributed by atoms with van der Waals surface area (Å²) in [6.07, 6.45) is 0.446. The number of amides is 3. The van der Waals surface area contributed by atoms with E-state index >= 15 is 0 Å². The summed E-state index contributed by atoms with van der Waals surface area (Å²) in [4.78, 5) is 35.4. The topological polar surface area (TPSA) is 99.1 Å². The van der Waals surface area contributed by atoms with Crippen molar-refractivity contribution in [2.45, 2.75) is 45.1 Å². The van der Waals surface area contributed by atoms with Crippen LogP contribution in [0.15, 0.2) is 18.2 Å². The summed E-state index contributed by atoms with van der Waals surface area (Å²) >= 11 is 0. The molecule has 6 heteroatoms. The third-order valence-electron chi connectivity index (χ3n) is 3.80. The highest BCUT2D eigenvalue weighted by atomic mass is 16.2. The number of nitrogens with one attached hydrogen (secondary N) is 2. The SMILES string of the molecule is CC(C)(C)c1ccc(C#N)c(C(=O)NC2CCC(=O)NC2=O)c1. The molecule has 0 radical (unpaired) electrons. The molecule has 1 heterocycles. The van der Waals surface area contributed by atoms with E-state index in [2.05, 4.69) is 10.6 Å². The molecular formula is C17H19N3O3. The van der Waals surface area contributed by atoms with Gasteiger partial charge in [-0.3, -0.25) is 19.7 Å². The zero-order valence-electron chi connectivity index (χ0n) is 13.4. The Labute approximate surface area is 134 Å². The summed E-state index contributed by atoms with van der Waals surface area (Å²) in [6, 6.07) is 6.35. The summed E-state index contributed by atoms with van der Waals surface area (Å²) in [5, 5.41) is 14.0. The van der Waals surface area contributed by atoms with E-state index in [-0.39, 0.29) is 35.3 Å². The molecule has 1 aliphatic heterocycles. The van der Waals surface area contributed by atoms with Crippen LogP contribution in [-0.2, 0) is 15.0 Å². The van der Waals surface area contributed by atoms with Crippen molar-refractivity contribution >= 4 is 17.7 Å². The van der Waals surface area contributed by atoms with Gasteiger partial charge in [-0.1, -0.05) is 26.8 Å². The third kappa shape index (κ3) is 3.75. The molecule has 2 rings (SSSR count). The normalized spacial score (nSPS) is 18.1. The number of benzene rings is 1. The predicted octanol–water partition coefficient (Wildman–Crippen LogP) is 1.39. The van der Waals surface area contributed by atoms with Gasteiger partial charge in [0.25, 0.3) is 5.91 Å². The Kier molecular flexibility index (Phi) is 4.50. The smallest absolute Gasteiger partial charge is 0.253 e. The lowest BCUT2D eigenvalue weighted by molar-refractivity contribution is -0.134. The van der Waals surface area contributed by atoms with Crippen molar-refractivity contribution in [2.75, 3.05) is 0 Å². The van der Waals surface area contributed by atoms with E-state index in [0.29, 0.717) is 0 Å². The van der Waals surface area contributed by atoms with E-state index < -0.39 is 17.9 Å². The second-order valence-corrected chi connectivity index (χ2v) is 6.60. The van der Waals surface area contributed by atoms with Crippen LogP contribution in [0.1, 0.15) is 55.1 Å². The van der Waals surface area contributed by atoms with Gasteiger partial charge in [0.15, 0.2) is 0 Å². The van der Waals surface area contributed by atoms with Crippen molar-refractivity contribution in [3.8, 4) is 6.07 Å². The van der Waals surface area contributed by atoms with Gasteiger partial charge in [-0.15, -0.1) is 0 Å². The van der Waals surface area contributed by atoms with Gasteiger partial charge >= 0.3 is 0 Å². The fourth-order valence-corrected chi connectivity index (χ4v) is 2.36. The zero-order chi connectivity index (χ0) is 17.2. The molecule has 120 valence electrons. The summed E-state index contributed by atoms with van der Waals surface area (Å²) < 4.78 is 0. The molecule has 1 aliphatic rings. The van der Waals surface area contributed by atoms with E-state index in [9.17, 15) is 19.6 Å². The quantitative estimate of drug-likeness (QED) is 0.806. The van der Waals surface area contributed by atoms with Crippen molar-refractivity contribution in [1.82, 2.24) is 10.6 Å². The van der Waals surface area contributed by atoms with E-state index in [1.165, 1.54) is 0 Å². The molecule has 1 atom stereocenters. The van der Waals surface area contributed by atoms with E-state index in [1.54, 1.807) is 12.1 Å². The molecule has 3 amide bonds. The monoisotopic (exact) mass is 313 g/mol. The maximum absolute atomic E-state index is 12.5. The van der Waals surface area contributed by atoms with E-state index in [0.717, 1.165) is 5.56 Å². The minimum absolute atomic E-state index is 0.169. The molecule has 1 aromatic rings. The van der Waals surface area contributed by atoms with Crippen molar-refractivity contribution in [2.24, 2.45) is 0 Å². The van der Waals surface area contributed by atoms with Crippen molar-refractivity contribution in [1.29, 1.82) is 5.26 Å². The lowest BCUT2D eigenvalue weighted by Gasteiger charge is -2.23. The fourth-order valence-electron chi connectivity index (χ4n) is 2.36. The molecule has 6 nitrogen and oxygen atoms in total. The second kappa shape index (κ2) is 6.21. The Hall–Kier alpha value is -2.68. The highest BCUT2D eigenvalue weighted by Crippen LogP contribution is 2.24. The van der Waals surface area contributed by atoms with Crippen LogP contribution in [0.2, 0.25) is 0 Å². The van der Waals surface area contributed by atoms with Crippen LogP contribution in [-0.4, -0.2) is 23.8 Å². The molecule has 0 spiro atoms. The standard InChI is InChI=1S/C17H19N3O3/c1-17(2,3)11-5-4-10(9-18)12(8-11)15(22)19-13-6-7-14(21)20-16(13)23/h4-5,8,13H,6-7H2,1-3H3,(H,19,22)(H,20,21,23). The molecule has 0 bridgehead atoms. The average Bonchev–Trinajstić information content (AvgIpc) is 2.48. The average molecular weight is 313 g/mol. The molecule has 1 aromatic carbocycles. The maximum atomic E-state index is 12.5. The van der Waals surface area contributed by atoms with Crippen molar-refractivity contribution < 1.29 is 14.4 Å². The fraction of sp³-hybridized carbons (Fsp3) is 0.412. The minimum Gasteiger partial charge on any atom is -0.340 e. The lowest BCUT2D eigenvalue weighted by atomic mass is 9.85. The first-order valence-corrected chi connectivity index (χ1v) is 7.41. The summed E-state index contributed by atoms with van der Waals surface area (Å²) in [6.45, 7) is 6.03. The third-order valence-corrected chi connectivity index (χ3v) is 3.80. The van der Waals surface area contributed by atoms with Gasteiger partial charge in [0, 0.05) is 6.42 Å². The Morgan fingerprint density at radius 3 is 2.61 bits per heavy atom. The first-order chi connectivity index (χ1) is 10.7.